The van der Waals surface area contributed by atoms with Gasteiger partial charge in [0.05, 0.1) is 41.2 Å². The quantitative estimate of drug-likeness (QED) is 0.611. The minimum atomic E-state index is -0.439. The molecule has 0 aliphatic heterocycles. The maximum Gasteiger partial charge on any atom is 0.325 e. The molecule has 6 nitrogen and oxygen atoms in total. The predicted octanol–water partition coefficient (Wildman–Crippen LogP) is 4.96. The van der Waals surface area contributed by atoms with Crippen LogP contribution in [0.25, 0.3) is 0 Å². The lowest BCUT2D eigenvalue weighted by atomic mass is 10.2. The van der Waals surface area contributed by atoms with Crippen LogP contribution in [-0.4, -0.2) is 30.8 Å². The van der Waals surface area contributed by atoms with Crippen molar-refractivity contribution in [2.24, 2.45) is 0 Å². The highest BCUT2D eigenvalue weighted by Crippen LogP contribution is 2.32. The molecule has 2 N–H and O–H groups in total. The third-order valence-electron chi connectivity index (χ3n) is 3.14. The summed E-state index contributed by atoms with van der Waals surface area (Å²) in [4.78, 5) is 16.4. The van der Waals surface area contributed by atoms with Crippen molar-refractivity contribution in [1.82, 2.24) is 4.98 Å². The maximum absolute atomic E-state index is 12.1. The van der Waals surface area contributed by atoms with Crippen molar-refractivity contribution in [2.45, 2.75) is 20.5 Å². The van der Waals surface area contributed by atoms with Crippen molar-refractivity contribution in [1.29, 1.82) is 0 Å². The number of anilines is 2. The van der Waals surface area contributed by atoms with E-state index in [4.69, 9.17) is 32.7 Å². The summed E-state index contributed by atoms with van der Waals surface area (Å²) in [6, 6.07) is 3.02. The second-order valence-electron chi connectivity index (χ2n) is 5.03. The lowest BCUT2D eigenvalue weighted by Gasteiger charge is -2.11. The summed E-state index contributed by atoms with van der Waals surface area (Å²) in [5.74, 6) is 0. The Morgan fingerprint density at radius 2 is 2.00 bits per heavy atom. The Kier molecular flexibility index (Phi) is 7.92. The molecule has 1 aromatic heterocycles. The van der Waals surface area contributed by atoms with Crippen LogP contribution in [0.5, 0.6) is 0 Å². The number of aromatic nitrogens is 1. The van der Waals surface area contributed by atoms with Crippen LogP contribution in [-0.2, 0) is 16.1 Å². The molecule has 0 bridgehead atoms. The predicted molar refractivity (Wildman–Crippen MR) is 102 cm³/mol. The second kappa shape index (κ2) is 9.94. The summed E-state index contributed by atoms with van der Waals surface area (Å²) in [6.45, 7) is 5.85. The van der Waals surface area contributed by atoms with E-state index in [2.05, 4.69) is 15.6 Å². The molecule has 0 saturated heterocycles. The van der Waals surface area contributed by atoms with Gasteiger partial charge in [-0.3, -0.25) is 5.32 Å². The molecule has 1 heterocycles. The Bertz CT molecular complexity index is 725. The van der Waals surface area contributed by atoms with Gasteiger partial charge in [-0.2, -0.15) is 0 Å². The highest BCUT2D eigenvalue weighted by Gasteiger charge is 2.13. The van der Waals surface area contributed by atoms with E-state index in [-0.39, 0.29) is 0 Å². The number of nitrogens with one attached hydrogen (secondary N) is 2. The molecule has 2 rings (SSSR count). The minimum absolute atomic E-state index is 0.305. The molecule has 0 fully saturated rings. The summed E-state index contributed by atoms with van der Waals surface area (Å²) in [5.41, 5.74) is 2.03. The fourth-order valence-corrected chi connectivity index (χ4v) is 3.02. The molecular formula is C16H19Cl2N3O3S. The number of ether oxygens (including phenoxy) is 2. The first-order valence-electron chi connectivity index (χ1n) is 7.63. The van der Waals surface area contributed by atoms with Gasteiger partial charge < -0.3 is 14.8 Å². The number of carbonyl (C=O) groups excluding carboxylic acids is 1. The van der Waals surface area contributed by atoms with Gasteiger partial charge in [0.15, 0.2) is 5.13 Å². The second-order valence-corrected chi connectivity index (χ2v) is 6.67. The van der Waals surface area contributed by atoms with Crippen molar-refractivity contribution in [3.63, 3.8) is 0 Å². The molecule has 9 heteroatoms. The zero-order valence-corrected chi connectivity index (χ0v) is 16.2. The van der Waals surface area contributed by atoms with Crippen molar-refractivity contribution < 1.29 is 14.3 Å². The normalized spacial score (nSPS) is 10.7. The fraction of sp³-hybridized carbons (Fsp3) is 0.375. The van der Waals surface area contributed by atoms with Gasteiger partial charge in [0.2, 0.25) is 0 Å². The standard InChI is InChI=1S/C16H19Cl2N3O3S/c1-3-23-6-7-24-8-11-9-25-16(19-11)21-15(22)20-14-10(2)4-5-12(17)13(14)18/h4-5,9H,3,6-8H2,1-2H3,(H2,19,20,21,22). The number of hydrogen-bond acceptors (Lipinski definition) is 5. The van der Waals surface area contributed by atoms with E-state index in [0.717, 1.165) is 11.3 Å². The summed E-state index contributed by atoms with van der Waals surface area (Å²) in [7, 11) is 0. The lowest BCUT2D eigenvalue weighted by molar-refractivity contribution is 0.0443. The molecule has 0 unspecified atom stereocenters. The third-order valence-corrected chi connectivity index (χ3v) is 4.75. The molecule has 1 aromatic carbocycles. The molecule has 0 saturated carbocycles. The van der Waals surface area contributed by atoms with Crippen LogP contribution in [0.15, 0.2) is 17.5 Å². The van der Waals surface area contributed by atoms with E-state index in [0.29, 0.717) is 47.3 Å². The number of halogens is 2. The molecule has 136 valence electrons. The van der Waals surface area contributed by atoms with E-state index in [9.17, 15) is 4.79 Å². The third kappa shape index (κ3) is 6.13. The maximum atomic E-state index is 12.1. The number of thiazole rings is 1. The largest absolute Gasteiger partial charge is 0.379 e. The molecular weight excluding hydrogens is 385 g/mol. The Labute approximate surface area is 160 Å². The van der Waals surface area contributed by atoms with Gasteiger partial charge in [-0.25, -0.2) is 9.78 Å². The molecule has 0 radical (unpaired) electrons. The highest BCUT2D eigenvalue weighted by molar-refractivity contribution is 7.13. The van der Waals surface area contributed by atoms with E-state index in [1.54, 1.807) is 12.1 Å². The average Bonchev–Trinajstić information content (AvgIpc) is 3.02. The van der Waals surface area contributed by atoms with Gasteiger partial charge in [-0.1, -0.05) is 29.3 Å². The Balaban J connectivity index is 1.86. The first kappa shape index (κ1) is 19.9. The zero-order valence-electron chi connectivity index (χ0n) is 13.9. The molecule has 0 aliphatic carbocycles. The van der Waals surface area contributed by atoms with Gasteiger partial charge in [-0.05, 0) is 25.5 Å². The number of amides is 2. The zero-order chi connectivity index (χ0) is 18.2. The van der Waals surface area contributed by atoms with Gasteiger partial charge in [0.1, 0.15) is 0 Å². The van der Waals surface area contributed by atoms with Gasteiger partial charge in [-0.15, -0.1) is 11.3 Å². The smallest absolute Gasteiger partial charge is 0.325 e. The van der Waals surface area contributed by atoms with Crippen molar-refractivity contribution in [2.75, 3.05) is 30.5 Å². The lowest BCUT2D eigenvalue weighted by Crippen LogP contribution is -2.20. The number of aryl methyl sites for hydroxylation is 1. The number of nitrogens with zero attached hydrogens (tertiary/aromatic N) is 1. The van der Waals surface area contributed by atoms with Crippen molar-refractivity contribution in [3.05, 3.63) is 38.8 Å². The topological polar surface area (TPSA) is 72.5 Å². The molecule has 0 atom stereocenters. The summed E-state index contributed by atoms with van der Waals surface area (Å²) >= 11 is 13.4. The highest BCUT2D eigenvalue weighted by atomic mass is 35.5. The first-order chi connectivity index (χ1) is 12.0. The Morgan fingerprint density at radius 3 is 2.76 bits per heavy atom. The van der Waals surface area contributed by atoms with Crippen LogP contribution in [0.1, 0.15) is 18.2 Å². The van der Waals surface area contributed by atoms with Gasteiger partial charge >= 0.3 is 6.03 Å². The first-order valence-corrected chi connectivity index (χ1v) is 9.27. The van der Waals surface area contributed by atoms with Crippen molar-refractivity contribution in [3.8, 4) is 0 Å². The minimum Gasteiger partial charge on any atom is -0.379 e. The number of hydrogen-bond donors (Lipinski definition) is 2. The van der Waals surface area contributed by atoms with Crippen molar-refractivity contribution >= 4 is 51.4 Å². The van der Waals surface area contributed by atoms with Crippen LogP contribution in [0.3, 0.4) is 0 Å². The van der Waals surface area contributed by atoms with Crippen LogP contribution in [0, 0.1) is 6.92 Å². The summed E-state index contributed by atoms with van der Waals surface area (Å²) in [6.07, 6.45) is 0. The van der Waals surface area contributed by atoms with E-state index in [1.165, 1.54) is 11.3 Å². The summed E-state index contributed by atoms with van der Waals surface area (Å²) < 4.78 is 10.6. The molecule has 2 aromatic rings. The van der Waals surface area contributed by atoms with E-state index < -0.39 is 6.03 Å². The molecule has 25 heavy (non-hydrogen) atoms. The van der Waals surface area contributed by atoms with Gasteiger partial charge in [0.25, 0.3) is 0 Å². The van der Waals surface area contributed by atoms with Crippen LogP contribution >= 0.6 is 34.5 Å². The Morgan fingerprint density at radius 1 is 1.24 bits per heavy atom. The number of carbonyl (C=O) groups is 1. The number of rotatable bonds is 8. The van der Waals surface area contributed by atoms with Crippen LogP contribution in [0.2, 0.25) is 10.0 Å². The van der Waals surface area contributed by atoms with Gasteiger partial charge in [0, 0.05) is 12.0 Å². The van der Waals surface area contributed by atoms with Crippen LogP contribution in [0.4, 0.5) is 15.6 Å². The summed E-state index contributed by atoms with van der Waals surface area (Å²) in [5, 5.41) is 8.35. The van der Waals surface area contributed by atoms with E-state index >= 15 is 0 Å². The molecule has 2 amide bonds. The van der Waals surface area contributed by atoms with Crippen LogP contribution < -0.4 is 10.6 Å². The van der Waals surface area contributed by atoms with E-state index in [1.807, 2.05) is 19.2 Å². The number of benzene rings is 1. The average molecular weight is 404 g/mol. The fourth-order valence-electron chi connectivity index (χ4n) is 1.91. The Hall–Kier alpha value is -1.38. The molecule has 0 spiro atoms. The monoisotopic (exact) mass is 403 g/mol. The SMILES string of the molecule is CCOCCOCc1csc(NC(=O)Nc2c(C)ccc(Cl)c2Cl)n1. The number of urea groups is 1. The molecule has 0 aliphatic rings.